The van der Waals surface area contributed by atoms with Crippen molar-refractivity contribution >= 4 is 23.0 Å². The number of benzene rings is 4. The Kier molecular flexibility index (Phi) is 5.43. The standard InChI is InChI=1S/C32H25ClO/c33-24-17-15-22-16-18-27-25-13-7-8-14-26(25)29(19-21-9-3-1-4-10-21)32(34)31(27)30(28(22)20-24)23-11-5-2-6-12-23/h1-15,17,20,27,29H,16,18-19H2. The van der Waals surface area contributed by atoms with Crippen LogP contribution in [-0.2, 0) is 17.6 Å². The van der Waals surface area contributed by atoms with Crippen LogP contribution >= 0.6 is 11.6 Å². The lowest BCUT2D eigenvalue weighted by atomic mass is 9.68. The summed E-state index contributed by atoms with van der Waals surface area (Å²) in [7, 11) is 0. The number of Topliss-reactive ketones (excluding diaryl/α,β-unsaturated/α-hetero) is 1. The van der Waals surface area contributed by atoms with Gasteiger partial charge in [-0.05, 0) is 70.3 Å². The first-order valence-corrected chi connectivity index (χ1v) is 12.3. The molecule has 34 heavy (non-hydrogen) atoms. The highest BCUT2D eigenvalue weighted by molar-refractivity contribution is 6.31. The zero-order valence-electron chi connectivity index (χ0n) is 18.9. The lowest BCUT2D eigenvalue weighted by Crippen LogP contribution is -2.29. The fourth-order valence-corrected chi connectivity index (χ4v) is 5.98. The maximum absolute atomic E-state index is 14.5. The van der Waals surface area contributed by atoms with Crippen LogP contribution in [0, 0.1) is 0 Å². The first-order valence-electron chi connectivity index (χ1n) is 12.0. The second-order valence-electron chi connectivity index (χ2n) is 9.28. The molecule has 2 aliphatic rings. The summed E-state index contributed by atoms with van der Waals surface area (Å²) < 4.78 is 0. The Bertz CT molecular complexity index is 1400. The smallest absolute Gasteiger partial charge is 0.167 e. The highest BCUT2D eigenvalue weighted by Gasteiger charge is 2.40. The maximum Gasteiger partial charge on any atom is 0.167 e. The van der Waals surface area contributed by atoms with Gasteiger partial charge in [-0.25, -0.2) is 0 Å². The number of fused-ring (bicyclic) bond motifs is 4. The van der Waals surface area contributed by atoms with Gasteiger partial charge in [0.1, 0.15) is 0 Å². The number of hydrogen-bond donors (Lipinski definition) is 0. The molecule has 0 fully saturated rings. The molecule has 0 saturated heterocycles. The summed E-state index contributed by atoms with van der Waals surface area (Å²) >= 11 is 6.50. The Morgan fingerprint density at radius 1 is 0.765 bits per heavy atom. The lowest BCUT2D eigenvalue weighted by molar-refractivity contribution is -0.117. The van der Waals surface area contributed by atoms with Crippen LogP contribution in [0.4, 0.5) is 0 Å². The molecule has 2 heteroatoms. The Labute approximate surface area is 205 Å². The van der Waals surface area contributed by atoms with Gasteiger partial charge in [0.2, 0.25) is 0 Å². The van der Waals surface area contributed by atoms with E-state index in [1.807, 2.05) is 18.2 Å². The van der Waals surface area contributed by atoms with E-state index in [1.165, 1.54) is 22.3 Å². The van der Waals surface area contributed by atoms with E-state index < -0.39 is 0 Å². The van der Waals surface area contributed by atoms with Crippen molar-refractivity contribution in [2.75, 3.05) is 0 Å². The molecule has 0 N–H and O–H groups in total. The molecule has 0 aromatic heterocycles. The van der Waals surface area contributed by atoms with Crippen LogP contribution in [-0.4, -0.2) is 5.78 Å². The number of allylic oxidation sites excluding steroid dienone is 1. The third-order valence-corrected chi connectivity index (χ3v) is 7.57. The van der Waals surface area contributed by atoms with E-state index in [0.717, 1.165) is 35.1 Å². The lowest BCUT2D eigenvalue weighted by Gasteiger charge is -2.34. The van der Waals surface area contributed by atoms with Crippen molar-refractivity contribution in [2.24, 2.45) is 0 Å². The summed E-state index contributed by atoms with van der Waals surface area (Å²) in [5, 5.41) is 0.704. The number of aryl methyl sites for hydroxylation is 1. The number of hydrogen-bond acceptors (Lipinski definition) is 1. The highest BCUT2D eigenvalue weighted by Crippen LogP contribution is 2.50. The number of halogens is 1. The molecule has 4 aromatic rings. The van der Waals surface area contributed by atoms with E-state index in [4.69, 9.17) is 11.6 Å². The molecule has 0 heterocycles. The minimum atomic E-state index is -0.190. The average molecular weight is 461 g/mol. The first-order chi connectivity index (χ1) is 16.7. The van der Waals surface area contributed by atoms with E-state index in [9.17, 15) is 4.79 Å². The Balaban J connectivity index is 1.63. The molecule has 2 atom stereocenters. The molecule has 2 aliphatic carbocycles. The third-order valence-electron chi connectivity index (χ3n) is 7.34. The Morgan fingerprint density at radius 3 is 2.21 bits per heavy atom. The van der Waals surface area contributed by atoms with E-state index >= 15 is 0 Å². The molecule has 166 valence electrons. The van der Waals surface area contributed by atoms with Crippen molar-refractivity contribution in [2.45, 2.75) is 31.1 Å². The topological polar surface area (TPSA) is 17.1 Å². The molecule has 6 rings (SSSR count). The molecule has 0 aliphatic heterocycles. The second-order valence-corrected chi connectivity index (χ2v) is 9.72. The molecule has 0 amide bonds. The number of carbonyl (C=O) groups is 1. The van der Waals surface area contributed by atoms with Crippen molar-refractivity contribution in [3.05, 3.63) is 147 Å². The van der Waals surface area contributed by atoms with Crippen LogP contribution in [0.15, 0.2) is 109 Å². The highest BCUT2D eigenvalue weighted by atomic mass is 35.5. The van der Waals surface area contributed by atoms with Crippen molar-refractivity contribution in [3.8, 4) is 0 Å². The van der Waals surface area contributed by atoms with Gasteiger partial charge in [0.05, 0.1) is 5.92 Å². The molecule has 0 spiro atoms. The predicted molar refractivity (Wildman–Crippen MR) is 139 cm³/mol. The van der Waals surface area contributed by atoms with Gasteiger partial charge in [-0.2, -0.15) is 0 Å². The van der Waals surface area contributed by atoms with Gasteiger partial charge in [0.25, 0.3) is 0 Å². The first kappa shape index (κ1) is 21.1. The van der Waals surface area contributed by atoms with Crippen LogP contribution in [0.5, 0.6) is 0 Å². The minimum absolute atomic E-state index is 0.0807. The summed E-state index contributed by atoms with van der Waals surface area (Å²) in [6, 6.07) is 35.5. The van der Waals surface area contributed by atoms with Crippen LogP contribution in [0.2, 0.25) is 5.02 Å². The summed E-state index contributed by atoms with van der Waals surface area (Å²) in [5.74, 6) is 0.139. The quantitative estimate of drug-likeness (QED) is 0.305. The minimum Gasteiger partial charge on any atom is -0.294 e. The van der Waals surface area contributed by atoms with Crippen LogP contribution in [0.1, 0.15) is 51.6 Å². The number of ketones is 1. The van der Waals surface area contributed by atoms with E-state index in [1.54, 1.807) is 0 Å². The zero-order chi connectivity index (χ0) is 23.1. The van der Waals surface area contributed by atoms with Crippen molar-refractivity contribution < 1.29 is 4.79 Å². The Hall–Kier alpha value is -3.42. The van der Waals surface area contributed by atoms with Crippen molar-refractivity contribution in [1.82, 2.24) is 0 Å². The molecule has 0 radical (unpaired) electrons. The van der Waals surface area contributed by atoms with Crippen LogP contribution < -0.4 is 0 Å². The van der Waals surface area contributed by atoms with Crippen LogP contribution in [0.3, 0.4) is 0 Å². The van der Waals surface area contributed by atoms with Gasteiger partial charge >= 0.3 is 0 Å². The second kappa shape index (κ2) is 8.74. The molecule has 4 aromatic carbocycles. The summed E-state index contributed by atoms with van der Waals surface area (Å²) in [5.41, 5.74) is 9.11. The van der Waals surface area contributed by atoms with Crippen LogP contribution in [0.25, 0.3) is 5.57 Å². The van der Waals surface area contributed by atoms with E-state index in [0.29, 0.717) is 11.4 Å². The predicted octanol–water partition coefficient (Wildman–Crippen LogP) is 7.78. The Morgan fingerprint density at radius 2 is 1.44 bits per heavy atom. The summed E-state index contributed by atoms with van der Waals surface area (Å²) in [6.07, 6.45) is 2.54. The molecule has 0 bridgehead atoms. The fourth-order valence-electron chi connectivity index (χ4n) is 5.81. The van der Waals surface area contributed by atoms with E-state index in [2.05, 4.69) is 84.9 Å². The van der Waals surface area contributed by atoms with Gasteiger partial charge in [0, 0.05) is 16.5 Å². The molecule has 0 saturated carbocycles. The SMILES string of the molecule is O=C1C2=C(c3ccccc3)c3cc(Cl)ccc3CCC2c2ccccc2C1Cc1ccccc1. The molecule has 1 nitrogen and oxygen atoms in total. The molecular weight excluding hydrogens is 436 g/mol. The normalized spacial score (nSPS) is 19.1. The maximum atomic E-state index is 14.5. The number of carbonyl (C=O) groups excluding carboxylic acids is 1. The number of rotatable bonds is 3. The van der Waals surface area contributed by atoms with Gasteiger partial charge in [-0.1, -0.05) is 103 Å². The largest absolute Gasteiger partial charge is 0.294 e. The average Bonchev–Trinajstić information content (AvgIpc) is 3.05. The summed E-state index contributed by atoms with van der Waals surface area (Å²) in [6.45, 7) is 0. The van der Waals surface area contributed by atoms with E-state index in [-0.39, 0.29) is 17.6 Å². The zero-order valence-corrected chi connectivity index (χ0v) is 19.6. The van der Waals surface area contributed by atoms with Gasteiger partial charge in [-0.15, -0.1) is 0 Å². The molecular formula is C32H25ClO. The van der Waals surface area contributed by atoms with Crippen molar-refractivity contribution in [3.63, 3.8) is 0 Å². The summed E-state index contributed by atoms with van der Waals surface area (Å²) in [4.78, 5) is 14.5. The van der Waals surface area contributed by atoms with Gasteiger partial charge < -0.3 is 0 Å². The van der Waals surface area contributed by atoms with Crippen molar-refractivity contribution in [1.29, 1.82) is 0 Å². The third kappa shape index (κ3) is 3.61. The molecule has 2 unspecified atom stereocenters. The van der Waals surface area contributed by atoms with Gasteiger partial charge in [-0.3, -0.25) is 4.79 Å². The monoisotopic (exact) mass is 460 g/mol. The fraction of sp³-hybridized carbons (Fsp3) is 0.156. The van der Waals surface area contributed by atoms with Gasteiger partial charge in [0.15, 0.2) is 5.78 Å².